The second-order valence-electron chi connectivity index (χ2n) is 4.41. The summed E-state index contributed by atoms with van der Waals surface area (Å²) in [5.41, 5.74) is 2.52. The molecule has 0 aliphatic carbocycles. The number of benzene rings is 1. The first-order chi connectivity index (χ1) is 7.65. The summed E-state index contributed by atoms with van der Waals surface area (Å²) in [5.74, 6) is 0.992. The predicted octanol–water partition coefficient (Wildman–Crippen LogP) is 3.07. The van der Waals surface area contributed by atoms with Gasteiger partial charge in [-0.3, -0.25) is 0 Å². The molecule has 0 aliphatic heterocycles. The number of ether oxygens (including phenoxy) is 1. The Kier molecular flexibility index (Phi) is 5.33. The lowest BCUT2D eigenvalue weighted by Gasteiger charge is -2.19. The number of likely N-dealkylation sites (N-methyl/N-ethyl adjacent to an activating group) is 1. The summed E-state index contributed by atoms with van der Waals surface area (Å²) in [5, 5.41) is 3.18. The minimum absolute atomic E-state index is 0.274. The highest BCUT2D eigenvalue weighted by molar-refractivity contribution is 5.33. The van der Waals surface area contributed by atoms with Crippen molar-refractivity contribution in [3.63, 3.8) is 0 Å². The standard InChI is InChI=1S/C14H23NO/c1-5-6-13(10-15-4)16-14-8-11(2)7-12(3)9-14/h7-9,13,15H,5-6,10H2,1-4H3. The van der Waals surface area contributed by atoms with E-state index in [1.54, 1.807) is 0 Å². The second-order valence-corrected chi connectivity index (χ2v) is 4.41. The Labute approximate surface area is 99.0 Å². The first-order valence-electron chi connectivity index (χ1n) is 6.05. The van der Waals surface area contributed by atoms with Crippen molar-refractivity contribution in [1.29, 1.82) is 0 Å². The highest BCUT2D eigenvalue weighted by Gasteiger charge is 2.08. The predicted molar refractivity (Wildman–Crippen MR) is 69.2 cm³/mol. The Morgan fingerprint density at radius 1 is 1.19 bits per heavy atom. The lowest BCUT2D eigenvalue weighted by Crippen LogP contribution is -2.29. The minimum atomic E-state index is 0.274. The van der Waals surface area contributed by atoms with Gasteiger partial charge in [0.05, 0.1) is 0 Å². The summed E-state index contributed by atoms with van der Waals surface area (Å²) < 4.78 is 5.99. The summed E-state index contributed by atoms with van der Waals surface area (Å²) in [6, 6.07) is 6.37. The molecule has 16 heavy (non-hydrogen) atoms. The molecule has 90 valence electrons. The number of hydrogen-bond donors (Lipinski definition) is 1. The Morgan fingerprint density at radius 3 is 2.31 bits per heavy atom. The van der Waals surface area contributed by atoms with E-state index in [-0.39, 0.29) is 6.10 Å². The van der Waals surface area contributed by atoms with E-state index in [0.717, 1.165) is 25.1 Å². The molecular formula is C14H23NO. The van der Waals surface area contributed by atoms with E-state index in [2.05, 4.69) is 44.3 Å². The van der Waals surface area contributed by atoms with Crippen LogP contribution < -0.4 is 10.1 Å². The molecule has 2 heteroatoms. The third-order valence-corrected chi connectivity index (χ3v) is 2.54. The Hall–Kier alpha value is -1.02. The summed E-state index contributed by atoms with van der Waals surface area (Å²) >= 11 is 0. The maximum atomic E-state index is 5.99. The topological polar surface area (TPSA) is 21.3 Å². The molecule has 1 atom stereocenters. The van der Waals surface area contributed by atoms with Crippen LogP contribution in [-0.2, 0) is 0 Å². The average Bonchev–Trinajstić information content (AvgIpc) is 2.16. The molecule has 0 heterocycles. The fourth-order valence-electron chi connectivity index (χ4n) is 1.95. The van der Waals surface area contributed by atoms with Crippen molar-refractivity contribution in [3.05, 3.63) is 29.3 Å². The molecule has 0 saturated heterocycles. The van der Waals surface area contributed by atoms with Gasteiger partial charge in [0.25, 0.3) is 0 Å². The van der Waals surface area contributed by atoms with Gasteiger partial charge in [-0.15, -0.1) is 0 Å². The summed E-state index contributed by atoms with van der Waals surface area (Å²) in [4.78, 5) is 0. The van der Waals surface area contributed by atoms with Gasteiger partial charge in [0.1, 0.15) is 11.9 Å². The van der Waals surface area contributed by atoms with E-state index < -0.39 is 0 Å². The Morgan fingerprint density at radius 2 is 1.81 bits per heavy atom. The van der Waals surface area contributed by atoms with Gasteiger partial charge in [-0.1, -0.05) is 19.4 Å². The van der Waals surface area contributed by atoms with Crippen molar-refractivity contribution in [2.24, 2.45) is 0 Å². The molecule has 1 aromatic carbocycles. The van der Waals surface area contributed by atoms with E-state index in [4.69, 9.17) is 4.74 Å². The third kappa shape index (κ3) is 4.23. The molecule has 1 aromatic rings. The van der Waals surface area contributed by atoms with Gasteiger partial charge < -0.3 is 10.1 Å². The van der Waals surface area contributed by atoms with Crippen molar-refractivity contribution in [2.75, 3.05) is 13.6 Å². The van der Waals surface area contributed by atoms with Crippen LogP contribution in [0.15, 0.2) is 18.2 Å². The molecule has 0 aromatic heterocycles. The zero-order valence-electron chi connectivity index (χ0n) is 10.8. The Bertz CT molecular complexity index is 296. The van der Waals surface area contributed by atoms with Crippen molar-refractivity contribution in [2.45, 2.75) is 39.7 Å². The van der Waals surface area contributed by atoms with Gasteiger partial charge in [-0.25, -0.2) is 0 Å². The van der Waals surface area contributed by atoms with E-state index in [9.17, 15) is 0 Å². The van der Waals surface area contributed by atoms with E-state index >= 15 is 0 Å². The van der Waals surface area contributed by atoms with Gasteiger partial charge in [-0.05, 0) is 50.6 Å². The van der Waals surface area contributed by atoms with Gasteiger partial charge in [0.2, 0.25) is 0 Å². The maximum absolute atomic E-state index is 5.99. The second kappa shape index (κ2) is 6.54. The molecule has 0 spiro atoms. The molecule has 1 unspecified atom stereocenters. The molecule has 0 saturated carbocycles. The largest absolute Gasteiger partial charge is 0.489 e. The normalized spacial score (nSPS) is 12.5. The van der Waals surface area contributed by atoms with E-state index in [1.165, 1.54) is 11.1 Å². The lowest BCUT2D eigenvalue weighted by molar-refractivity contribution is 0.189. The van der Waals surface area contributed by atoms with Gasteiger partial charge >= 0.3 is 0 Å². The zero-order chi connectivity index (χ0) is 12.0. The fraction of sp³-hybridized carbons (Fsp3) is 0.571. The Balaban J connectivity index is 2.68. The smallest absolute Gasteiger partial charge is 0.120 e. The molecule has 0 amide bonds. The van der Waals surface area contributed by atoms with Crippen LogP contribution in [0, 0.1) is 13.8 Å². The molecule has 0 radical (unpaired) electrons. The van der Waals surface area contributed by atoms with Crippen molar-refractivity contribution in [1.82, 2.24) is 5.32 Å². The third-order valence-electron chi connectivity index (χ3n) is 2.54. The van der Waals surface area contributed by atoms with Crippen LogP contribution in [0.4, 0.5) is 0 Å². The fourth-order valence-corrected chi connectivity index (χ4v) is 1.95. The summed E-state index contributed by atoms with van der Waals surface area (Å²) in [6.45, 7) is 7.30. The molecule has 2 nitrogen and oxygen atoms in total. The highest BCUT2D eigenvalue weighted by atomic mass is 16.5. The maximum Gasteiger partial charge on any atom is 0.120 e. The van der Waals surface area contributed by atoms with E-state index in [1.807, 2.05) is 7.05 Å². The number of nitrogens with one attached hydrogen (secondary N) is 1. The van der Waals surface area contributed by atoms with Gasteiger partial charge in [-0.2, -0.15) is 0 Å². The van der Waals surface area contributed by atoms with Gasteiger partial charge in [0, 0.05) is 6.54 Å². The lowest BCUT2D eigenvalue weighted by atomic mass is 10.1. The van der Waals surface area contributed by atoms with Crippen LogP contribution >= 0.6 is 0 Å². The van der Waals surface area contributed by atoms with Crippen molar-refractivity contribution < 1.29 is 4.74 Å². The number of rotatable bonds is 6. The number of hydrogen-bond acceptors (Lipinski definition) is 2. The van der Waals surface area contributed by atoms with Gasteiger partial charge in [0.15, 0.2) is 0 Å². The molecule has 1 rings (SSSR count). The first kappa shape index (κ1) is 13.0. The number of aryl methyl sites for hydroxylation is 2. The summed E-state index contributed by atoms with van der Waals surface area (Å²) in [6.07, 6.45) is 2.52. The summed E-state index contributed by atoms with van der Waals surface area (Å²) in [7, 11) is 1.97. The van der Waals surface area contributed by atoms with Crippen LogP contribution in [0.3, 0.4) is 0 Å². The van der Waals surface area contributed by atoms with Crippen LogP contribution in [0.5, 0.6) is 5.75 Å². The van der Waals surface area contributed by atoms with E-state index in [0.29, 0.717) is 0 Å². The quantitative estimate of drug-likeness (QED) is 0.797. The average molecular weight is 221 g/mol. The molecular weight excluding hydrogens is 198 g/mol. The molecule has 1 N–H and O–H groups in total. The molecule has 0 bridgehead atoms. The van der Waals surface area contributed by atoms with Crippen LogP contribution in [-0.4, -0.2) is 19.7 Å². The SMILES string of the molecule is CCCC(CNC)Oc1cc(C)cc(C)c1. The molecule has 0 fully saturated rings. The van der Waals surface area contributed by atoms with Crippen LogP contribution in [0.25, 0.3) is 0 Å². The van der Waals surface area contributed by atoms with Crippen LogP contribution in [0.2, 0.25) is 0 Å². The zero-order valence-corrected chi connectivity index (χ0v) is 10.8. The monoisotopic (exact) mass is 221 g/mol. The van der Waals surface area contributed by atoms with Crippen LogP contribution in [0.1, 0.15) is 30.9 Å². The molecule has 0 aliphatic rings. The minimum Gasteiger partial charge on any atom is -0.489 e. The van der Waals surface area contributed by atoms with Crippen molar-refractivity contribution >= 4 is 0 Å². The first-order valence-corrected chi connectivity index (χ1v) is 6.05. The van der Waals surface area contributed by atoms with Crippen molar-refractivity contribution in [3.8, 4) is 5.75 Å². The highest BCUT2D eigenvalue weighted by Crippen LogP contribution is 2.18.